The van der Waals surface area contributed by atoms with Crippen LogP contribution < -0.4 is 0 Å². The summed E-state index contributed by atoms with van der Waals surface area (Å²) in [5.41, 5.74) is 2.58. The Bertz CT molecular complexity index is 1020. The molecule has 0 N–H and O–H groups in total. The molecule has 1 aliphatic rings. The summed E-state index contributed by atoms with van der Waals surface area (Å²) in [4.78, 5) is 19.7. The molecule has 0 aliphatic carbocycles. The number of halogens is 1. The van der Waals surface area contributed by atoms with E-state index in [9.17, 15) is 9.18 Å². The Kier molecular flexibility index (Phi) is 5.71. The number of fused-ring (bicyclic) bond motifs is 3. The van der Waals surface area contributed by atoms with Crippen molar-refractivity contribution in [2.75, 3.05) is 13.1 Å². The third kappa shape index (κ3) is 3.32. The van der Waals surface area contributed by atoms with Crippen molar-refractivity contribution in [3.8, 4) is 11.4 Å². The number of rotatable bonds is 8. The number of benzene rings is 2. The molecule has 0 radical (unpaired) electrons. The zero-order chi connectivity index (χ0) is 21.1. The summed E-state index contributed by atoms with van der Waals surface area (Å²) in [6.07, 6.45) is 6.68. The molecular weight excluding hydrogens is 377 g/mol. The van der Waals surface area contributed by atoms with Gasteiger partial charge in [-0.2, -0.15) is 0 Å². The largest absolute Gasteiger partial charge is 0.343 e. The van der Waals surface area contributed by atoms with Gasteiger partial charge in [0.15, 0.2) is 0 Å². The van der Waals surface area contributed by atoms with Gasteiger partial charge in [-0.1, -0.05) is 50.2 Å². The quantitative estimate of drug-likeness (QED) is 0.515. The Hall–Kier alpha value is -2.95. The molecule has 2 heterocycles. The number of carbonyl (C=O) groups excluding carboxylic acids is 1. The molecule has 1 atom stereocenters. The van der Waals surface area contributed by atoms with Crippen molar-refractivity contribution in [2.24, 2.45) is 0 Å². The number of hydrogen-bond donors (Lipinski definition) is 0. The number of imidazole rings is 1. The zero-order valence-corrected chi connectivity index (χ0v) is 17.6. The molecule has 0 bridgehead atoms. The highest BCUT2D eigenvalue weighted by atomic mass is 19.1. The van der Waals surface area contributed by atoms with E-state index >= 15 is 0 Å². The maximum absolute atomic E-state index is 13.7. The number of aromatic nitrogens is 2. The lowest BCUT2D eigenvalue weighted by Gasteiger charge is -2.34. The van der Waals surface area contributed by atoms with Gasteiger partial charge in [0.25, 0.3) is 0 Å². The van der Waals surface area contributed by atoms with E-state index in [4.69, 9.17) is 0 Å². The first kappa shape index (κ1) is 20.3. The highest BCUT2D eigenvalue weighted by Crippen LogP contribution is 2.49. The highest BCUT2D eigenvalue weighted by Gasteiger charge is 2.44. The van der Waals surface area contributed by atoms with Crippen LogP contribution in [0.1, 0.15) is 50.7 Å². The summed E-state index contributed by atoms with van der Waals surface area (Å²) in [6, 6.07) is 14.9. The van der Waals surface area contributed by atoms with Gasteiger partial charge >= 0.3 is 0 Å². The molecule has 30 heavy (non-hydrogen) atoms. The van der Waals surface area contributed by atoms with Gasteiger partial charge in [0, 0.05) is 37.5 Å². The third-order valence-corrected chi connectivity index (χ3v) is 6.03. The topological polar surface area (TPSA) is 38.1 Å². The molecule has 0 saturated carbocycles. The SMILES string of the molecule is CCCN(CCC)C(=O)CCC1(c2ccc(F)cc2)c2ccccc2-c2nccn21. The second-order valence-electron chi connectivity index (χ2n) is 7.91. The fraction of sp³-hybridized carbons (Fsp3) is 0.360. The molecule has 3 aromatic rings. The molecule has 156 valence electrons. The average Bonchev–Trinajstić information content (AvgIpc) is 3.34. The monoisotopic (exact) mass is 405 g/mol. The van der Waals surface area contributed by atoms with Gasteiger partial charge in [0.2, 0.25) is 5.91 Å². The Balaban J connectivity index is 1.78. The van der Waals surface area contributed by atoms with Crippen molar-refractivity contribution in [1.29, 1.82) is 0 Å². The van der Waals surface area contributed by atoms with Gasteiger partial charge in [-0.05, 0) is 42.5 Å². The van der Waals surface area contributed by atoms with E-state index in [0.29, 0.717) is 12.8 Å². The molecule has 4 nitrogen and oxygen atoms in total. The number of amides is 1. The lowest BCUT2D eigenvalue weighted by molar-refractivity contribution is -0.131. The first-order chi connectivity index (χ1) is 14.6. The minimum Gasteiger partial charge on any atom is -0.343 e. The molecular formula is C25H28FN3O. The Morgan fingerprint density at radius 1 is 1.07 bits per heavy atom. The van der Waals surface area contributed by atoms with Crippen LogP contribution >= 0.6 is 0 Å². The summed E-state index contributed by atoms with van der Waals surface area (Å²) in [5, 5.41) is 0. The number of carbonyl (C=O) groups is 1. The van der Waals surface area contributed by atoms with Crippen LogP contribution in [0.25, 0.3) is 11.4 Å². The Morgan fingerprint density at radius 3 is 2.47 bits per heavy atom. The van der Waals surface area contributed by atoms with Gasteiger partial charge in [-0.15, -0.1) is 0 Å². The predicted octanol–water partition coefficient (Wildman–Crippen LogP) is 5.22. The molecule has 1 aromatic heterocycles. The Morgan fingerprint density at radius 2 is 1.77 bits per heavy atom. The van der Waals surface area contributed by atoms with E-state index in [1.165, 1.54) is 12.1 Å². The van der Waals surface area contributed by atoms with Crippen LogP contribution in [0.15, 0.2) is 60.9 Å². The van der Waals surface area contributed by atoms with Gasteiger partial charge in [-0.25, -0.2) is 9.37 Å². The number of hydrogen-bond acceptors (Lipinski definition) is 2. The first-order valence-electron chi connectivity index (χ1n) is 10.8. The standard InChI is InChI=1S/C25H28FN3O/c1-3-16-28(17-4-2)23(30)13-14-25(19-9-11-20(26)12-10-19)22-8-6-5-7-21(22)24-27-15-18-29(24)25/h5-12,15,18H,3-4,13-14,16-17H2,1-2H3. The van der Waals surface area contributed by atoms with Crippen molar-refractivity contribution in [3.63, 3.8) is 0 Å². The fourth-order valence-electron chi connectivity index (χ4n) is 4.75. The first-order valence-corrected chi connectivity index (χ1v) is 10.8. The van der Waals surface area contributed by atoms with Crippen molar-refractivity contribution < 1.29 is 9.18 Å². The van der Waals surface area contributed by atoms with E-state index < -0.39 is 5.54 Å². The van der Waals surface area contributed by atoms with E-state index in [0.717, 1.165) is 48.4 Å². The second kappa shape index (κ2) is 8.42. The molecule has 1 unspecified atom stereocenters. The van der Waals surface area contributed by atoms with Crippen molar-refractivity contribution >= 4 is 5.91 Å². The minimum atomic E-state index is -0.574. The molecule has 4 rings (SSSR count). The molecule has 2 aromatic carbocycles. The second-order valence-corrected chi connectivity index (χ2v) is 7.91. The molecule has 0 fully saturated rings. The summed E-state index contributed by atoms with van der Waals surface area (Å²) >= 11 is 0. The molecule has 0 spiro atoms. The Labute approximate surface area is 177 Å². The summed E-state index contributed by atoms with van der Waals surface area (Å²) in [5.74, 6) is 0.798. The van der Waals surface area contributed by atoms with E-state index in [2.05, 4.69) is 35.5 Å². The molecule has 1 amide bonds. The van der Waals surface area contributed by atoms with E-state index in [1.807, 2.05) is 35.4 Å². The van der Waals surface area contributed by atoms with Crippen molar-refractivity contribution in [1.82, 2.24) is 14.5 Å². The molecule has 1 aliphatic heterocycles. The van der Waals surface area contributed by atoms with Gasteiger partial charge in [-0.3, -0.25) is 4.79 Å². The number of nitrogens with zero attached hydrogens (tertiary/aromatic N) is 3. The van der Waals surface area contributed by atoms with Crippen molar-refractivity contribution in [3.05, 3.63) is 77.9 Å². The fourth-order valence-corrected chi connectivity index (χ4v) is 4.75. The van der Waals surface area contributed by atoms with Gasteiger partial charge in [0.1, 0.15) is 11.6 Å². The van der Waals surface area contributed by atoms with E-state index in [1.54, 1.807) is 6.20 Å². The maximum atomic E-state index is 13.7. The molecule has 0 saturated heterocycles. The van der Waals surface area contributed by atoms with Gasteiger partial charge < -0.3 is 9.47 Å². The van der Waals surface area contributed by atoms with Crippen LogP contribution in [-0.2, 0) is 10.3 Å². The smallest absolute Gasteiger partial charge is 0.222 e. The lowest BCUT2D eigenvalue weighted by atomic mass is 9.79. The predicted molar refractivity (Wildman–Crippen MR) is 117 cm³/mol. The minimum absolute atomic E-state index is 0.172. The summed E-state index contributed by atoms with van der Waals surface area (Å²) < 4.78 is 15.9. The van der Waals surface area contributed by atoms with Crippen LogP contribution in [0, 0.1) is 5.82 Å². The third-order valence-electron chi connectivity index (χ3n) is 6.03. The van der Waals surface area contributed by atoms with Crippen LogP contribution in [-0.4, -0.2) is 33.4 Å². The maximum Gasteiger partial charge on any atom is 0.222 e. The summed E-state index contributed by atoms with van der Waals surface area (Å²) in [6.45, 7) is 5.76. The normalized spacial score (nSPS) is 16.9. The molecule has 5 heteroatoms. The van der Waals surface area contributed by atoms with Gasteiger partial charge in [0.05, 0.1) is 5.54 Å². The van der Waals surface area contributed by atoms with Crippen molar-refractivity contribution in [2.45, 2.75) is 45.1 Å². The van der Waals surface area contributed by atoms with Crippen LogP contribution in [0.2, 0.25) is 0 Å². The highest BCUT2D eigenvalue weighted by molar-refractivity contribution is 5.77. The van der Waals surface area contributed by atoms with Crippen LogP contribution in [0.4, 0.5) is 4.39 Å². The van der Waals surface area contributed by atoms with Crippen LogP contribution in [0.5, 0.6) is 0 Å². The zero-order valence-electron chi connectivity index (χ0n) is 17.6. The average molecular weight is 406 g/mol. The lowest BCUT2D eigenvalue weighted by Crippen LogP contribution is -2.37. The van der Waals surface area contributed by atoms with E-state index in [-0.39, 0.29) is 11.7 Å². The summed E-state index contributed by atoms with van der Waals surface area (Å²) in [7, 11) is 0. The van der Waals surface area contributed by atoms with Crippen LogP contribution in [0.3, 0.4) is 0 Å².